The number of likely N-dealkylation sites (N-methyl/N-ethyl adjacent to an activating group) is 2. The third-order valence-electron chi connectivity index (χ3n) is 3.82. The molecule has 0 aromatic carbocycles. The molecule has 0 heterocycles. The molecular weight excluding hydrogens is 268 g/mol. The summed E-state index contributed by atoms with van der Waals surface area (Å²) in [5, 5.41) is 11.9. The van der Waals surface area contributed by atoms with E-state index in [1.807, 2.05) is 27.7 Å². The van der Waals surface area contributed by atoms with Gasteiger partial charge in [0.25, 0.3) is 11.8 Å². The van der Waals surface area contributed by atoms with Gasteiger partial charge in [-0.2, -0.15) is 5.26 Å². The number of nitrogens with zero attached hydrogens (tertiary/aromatic N) is 2. The first-order valence-electron chi connectivity index (χ1n) is 7.51. The van der Waals surface area contributed by atoms with Gasteiger partial charge in [-0.25, -0.2) is 0 Å². The average Bonchev–Trinajstić information content (AvgIpc) is 2.39. The topological polar surface area (TPSA) is 77.6 Å². The van der Waals surface area contributed by atoms with Crippen molar-refractivity contribution in [2.75, 3.05) is 33.2 Å². The molecule has 0 aliphatic carbocycles. The highest BCUT2D eigenvalue weighted by Gasteiger charge is 2.31. The van der Waals surface area contributed by atoms with E-state index >= 15 is 0 Å². The van der Waals surface area contributed by atoms with Gasteiger partial charge < -0.3 is 15.1 Å². The normalized spacial score (nSPS) is 15.0. The number of nitrogens with one attached hydrogen (secondary N) is 2. The molecule has 2 atom stereocenters. The Labute approximate surface area is 128 Å². The van der Waals surface area contributed by atoms with Gasteiger partial charge in [-0.3, -0.25) is 9.59 Å². The predicted molar refractivity (Wildman–Crippen MR) is 81.5 cm³/mol. The van der Waals surface area contributed by atoms with E-state index in [-0.39, 0.29) is 30.8 Å². The third-order valence-corrected chi connectivity index (χ3v) is 3.82. The first-order valence-corrected chi connectivity index (χ1v) is 7.51. The fourth-order valence-electron chi connectivity index (χ4n) is 1.92. The molecule has 0 rings (SSSR count). The van der Waals surface area contributed by atoms with Crippen LogP contribution in [-0.4, -0.2) is 55.5 Å². The fraction of sp³-hybridized carbons (Fsp3) is 0.800. The van der Waals surface area contributed by atoms with Crippen LogP contribution in [0.15, 0.2) is 0 Å². The molecule has 0 aliphatic heterocycles. The van der Waals surface area contributed by atoms with Crippen molar-refractivity contribution < 1.29 is 14.5 Å². The van der Waals surface area contributed by atoms with Crippen LogP contribution in [0.1, 0.15) is 34.6 Å². The highest BCUT2D eigenvalue weighted by Crippen LogP contribution is 2.14. The lowest BCUT2D eigenvalue weighted by molar-refractivity contribution is -0.863. The first kappa shape index (κ1) is 19.4. The summed E-state index contributed by atoms with van der Waals surface area (Å²) in [6.07, 6.45) is 0. The van der Waals surface area contributed by atoms with Gasteiger partial charge in [0.1, 0.15) is 5.54 Å². The number of hydrogen-bond acceptors (Lipinski definition) is 3. The minimum absolute atomic E-state index is 0.0177. The van der Waals surface area contributed by atoms with Crippen LogP contribution in [0.4, 0.5) is 0 Å². The van der Waals surface area contributed by atoms with Crippen LogP contribution in [0.5, 0.6) is 0 Å². The summed E-state index contributed by atoms with van der Waals surface area (Å²) in [5.41, 5.74) is -0.875. The summed E-state index contributed by atoms with van der Waals surface area (Å²) < 4.78 is 0. The lowest BCUT2D eigenvalue weighted by atomic mass is 9.90. The molecule has 0 aliphatic rings. The summed E-state index contributed by atoms with van der Waals surface area (Å²) in [7, 11) is 1.81. The Hall–Kier alpha value is -1.61. The lowest BCUT2D eigenvalue weighted by Gasteiger charge is -2.28. The van der Waals surface area contributed by atoms with Gasteiger partial charge >= 0.3 is 0 Å². The summed E-state index contributed by atoms with van der Waals surface area (Å²) in [6, 6.07) is 2.14. The van der Waals surface area contributed by atoms with Crippen LogP contribution in [0, 0.1) is 17.2 Å². The number of quaternary nitrogens is 1. The Morgan fingerprint density at radius 1 is 1.29 bits per heavy atom. The summed E-state index contributed by atoms with van der Waals surface area (Å²) >= 11 is 0. The van der Waals surface area contributed by atoms with Crippen LogP contribution in [0.2, 0.25) is 0 Å². The SMILES string of the molecule is CCN(CC)C(=O)C[NH+](C)CC(=O)N[C@@](C)(C#N)C(C)C. The smallest absolute Gasteiger partial charge is 0.277 e. The van der Waals surface area contributed by atoms with Crippen molar-refractivity contribution in [2.45, 2.75) is 40.2 Å². The number of amides is 2. The zero-order valence-corrected chi connectivity index (χ0v) is 14.1. The Kier molecular flexibility index (Phi) is 7.97. The number of hydrogen-bond donors (Lipinski definition) is 2. The first-order chi connectivity index (χ1) is 9.69. The van der Waals surface area contributed by atoms with Gasteiger partial charge in [-0.15, -0.1) is 0 Å². The minimum Gasteiger partial charge on any atom is -0.338 e. The fourth-order valence-corrected chi connectivity index (χ4v) is 1.92. The maximum atomic E-state index is 12.0. The van der Waals surface area contributed by atoms with E-state index in [4.69, 9.17) is 0 Å². The van der Waals surface area contributed by atoms with E-state index in [0.717, 1.165) is 4.90 Å². The highest BCUT2D eigenvalue weighted by atomic mass is 16.2. The number of rotatable bonds is 8. The summed E-state index contributed by atoms with van der Waals surface area (Å²) in [5.74, 6) is -0.154. The third kappa shape index (κ3) is 6.13. The zero-order chi connectivity index (χ0) is 16.6. The molecule has 1 unspecified atom stereocenters. The number of nitriles is 1. The van der Waals surface area contributed by atoms with Gasteiger partial charge in [0.15, 0.2) is 13.1 Å². The van der Waals surface area contributed by atoms with Crippen molar-refractivity contribution in [1.82, 2.24) is 10.2 Å². The number of carbonyl (C=O) groups excluding carboxylic acids is 2. The van der Waals surface area contributed by atoms with Crippen molar-refractivity contribution >= 4 is 11.8 Å². The zero-order valence-electron chi connectivity index (χ0n) is 14.1. The Morgan fingerprint density at radius 2 is 1.81 bits per heavy atom. The standard InChI is InChI=1S/C15H28N4O2/c1-7-19(8-2)14(21)10-18(6)9-13(20)17-15(5,11-16)12(3)4/h12H,7-10H2,1-6H3,(H,17,20)/p+1/t15-/m0/s1. The van der Waals surface area contributed by atoms with E-state index in [1.54, 1.807) is 18.9 Å². The minimum atomic E-state index is -0.875. The summed E-state index contributed by atoms with van der Waals surface area (Å²) in [6.45, 7) is 11.2. The van der Waals surface area contributed by atoms with Gasteiger partial charge in [0.05, 0.1) is 13.1 Å². The van der Waals surface area contributed by atoms with Crippen LogP contribution in [0.3, 0.4) is 0 Å². The van der Waals surface area contributed by atoms with E-state index in [2.05, 4.69) is 11.4 Å². The molecule has 6 nitrogen and oxygen atoms in total. The Bertz CT molecular complexity index is 399. The van der Waals surface area contributed by atoms with E-state index in [1.165, 1.54) is 0 Å². The predicted octanol–water partition coefficient (Wildman–Crippen LogP) is -0.576. The molecule has 0 spiro atoms. The molecule has 2 amide bonds. The molecule has 2 N–H and O–H groups in total. The van der Waals surface area contributed by atoms with Gasteiger partial charge in [-0.05, 0) is 26.7 Å². The Balaban J connectivity index is 4.47. The van der Waals surface area contributed by atoms with Crippen molar-refractivity contribution in [3.8, 4) is 6.07 Å². The second-order valence-electron chi connectivity index (χ2n) is 5.89. The van der Waals surface area contributed by atoms with Crippen LogP contribution in [0.25, 0.3) is 0 Å². The van der Waals surface area contributed by atoms with E-state index in [9.17, 15) is 14.9 Å². The maximum absolute atomic E-state index is 12.0. The molecule has 120 valence electrons. The Morgan fingerprint density at radius 3 is 2.19 bits per heavy atom. The van der Waals surface area contributed by atoms with E-state index < -0.39 is 5.54 Å². The summed E-state index contributed by atoms with van der Waals surface area (Å²) in [4.78, 5) is 26.5. The quantitative estimate of drug-likeness (QED) is 0.629. The lowest BCUT2D eigenvalue weighted by Crippen LogP contribution is -3.11. The number of carbonyl (C=O) groups is 2. The maximum Gasteiger partial charge on any atom is 0.277 e. The molecule has 6 heteroatoms. The van der Waals surface area contributed by atoms with Crippen LogP contribution in [-0.2, 0) is 9.59 Å². The van der Waals surface area contributed by atoms with Gasteiger partial charge in [0.2, 0.25) is 0 Å². The molecule has 0 radical (unpaired) electrons. The molecule has 21 heavy (non-hydrogen) atoms. The highest BCUT2D eigenvalue weighted by molar-refractivity contribution is 5.79. The van der Waals surface area contributed by atoms with Crippen molar-refractivity contribution in [1.29, 1.82) is 5.26 Å². The van der Waals surface area contributed by atoms with Gasteiger partial charge in [-0.1, -0.05) is 13.8 Å². The largest absolute Gasteiger partial charge is 0.338 e. The second-order valence-corrected chi connectivity index (χ2v) is 5.89. The molecular formula is C15H29N4O2+. The van der Waals surface area contributed by atoms with Crippen LogP contribution < -0.4 is 10.2 Å². The molecule has 0 bridgehead atoms. The van der Waals surface area contributed by atoms with Crippen LogP contribution >= 0.6 is 0 Å². The van der Waals surface area contributed by atoms with Crippen molar-refractivity contribution in [3.05, 3.63) is 0 Å². The molecule has 0 aromatic rings. The monoisotopic (exact) mass is 297 g/mol. The average molecular weight is 297 g/mol. The molecule has 0 saturated heterocycles. The van der Waals surface area contributed by atoms with E-state index in [0.29, 0.717) is 13.1 Å². The van der Waals surface area contributed by atoms with Gasteiger partial charge in [0, 0.05) is 13.1 Å². The molecule has 0 saturated carbocycles. The second kappa shape index (κ2) is 8.63. The molecule has 0 fully saturated rings. The van der Waals surface area contributed by atoms with Crippen molar-refractivity contribution in [2.24, 2.45) is 5.92 Å². The molecule has 0 aromatic heterocycles. The van der Waals surface area contributed by atoms with Crippen molar-refractivity contribution in [3.63, 3.8) is 0 Å².